The SMILES string of the molecule is COc1ccc(/C(O)=C2/C(=O)C(=O)N(Cc3ccncc3)C2c2cccc(O)c2)cc1F. The first-order valence-corrected chi connectivity index (χ1v) is 9.71. The number of aliphatic hydroxyl groups excluding tert-OH is 1. The number of halogens is 1. The van der Waals surface area contributed by atoms with Gasteiger partial charge in [-0.2, -0.15) is 0 Å². The minimum Gasteiger partial charge on any atom is -0.508 e. The first kappa shape index (κ1) is 21.0. The topological polar surface area (TPSA) is 100.0 Å². The smallest absolute Gasteiger partial charge is 0.295 e. The van der Waals surface area contributed by atoms with E-state index in [0.29, 0.717) is 5.56 Å². The van der Waals surface area contributed by atoms with Crippen LogP contribution in [0.3, 0.4) is 0 Å². The summed E-state index contributed by atoms with van der Waals surface area (Å²) in [6, 6.07) is 12.3. The van der Waals surface area contributed by atoms with Crippen LogP contribution in [0.1, 0.15) is 22.7 Å². The van der Waals surface area contributed by atoms with Gasteiger partial charge in [-0.05, 0) is 53.6 Å². The number of phenolic OH excluding ortho intramolecular Hbond substituents is 1. The van der Waals surface area contributed by atoms with Crippen molar-refractivity contribution in [2.24, 2.45) is 0 Å². The summed E-state index contributed by atoms with van der Waals surface area (Å²) in [5, 5.41) is 21.0. The molecule has 4 rings (SSSR count). The number of ketones is 1. The maximum Gasteiger partial charge on any atom is 0.295 e. The van der Waals surface area contributed by atoms with Crippen molar-refractivity contribution in [3.63, 3.8) is 0 Å². The van der Waals surface area contributed by atoms with E-state index in [-0.39, 0.29) is 29.2 Å². The van der Waals surface area contributed by atoms with E-state index in [4.69, 9.17) is 4.74 Å². The molecule has 0 radical (unpaired) electrons. The Balaban J connectivity index is 1.87. The Bertz CT molecular complexity index is 1230. The molecule has 8 heteroatoms. The van der Waals surface area contributed by atoms with Gasteiger partial charge in [0.15, 0.2) is 11.6 Å². The van der Waals surface area contributed by atoms with Gasteiger partial charge in [-0.15, -0.1) is 0 Å². The molecule has 1 aromatic heterocycles. The van der Waals surface area contributed by atoms with Gasteiger partial charge in [0.2, 0.25) is 0 Å². The Morgan fingerprint density at radius 3 is 2.53 bits per heavy atom. The number of Topliss-reactive ketones (excluding diaryl/α,β-unsaturated/α-hetero) is 1. The maximum absolute atomic E-state index is 14.2. The van der Waals surface area contributed by atoms with Crippen LogP contribution >= 0.6 is 0 Å². The van der Waals surface area contributed by atoms with E-state index in [0.717, 1.165) is 11.6 Å². The van der Waals surface area contributed by atoms with Crippen LogP contribution in [0.5, 0.6) is 11.5 Å². The summed E-state index contributed by atoms with van der Waals surface area (Å²) in [6.45, 7) is 0.0706. The number of phenols is 1. The molecule has 0 bridgehead atoms. The number of aromatic hydroxyl groups is 1. The van der Waals surface area contributed by atoms with E-state index in [2.05, 4.69) is 4.98 Å². The number of benzene rings is 2. The number of methoxy groups -OCH3 is 1. The van der Waals surface area contributed by atoms with E-state index in [1.807, 2.05) is 0 Å². The summed E-state index contributed by atoms with van der Waals surface area (Å²) in [5.41, 5.74) is 0.978. The predicted octanol–water partition coefficient (Wildman–Crippen LogP) is 3.56. The summed E-state index contributed by atoms with van der Waals surface area (Å²) in [7, 11) is 1.31. The minimum atomic E-state index is -0.986. The first-order chi connectivity index (χ1) is 15.4. The van der Waals surface area contributed by atoms with Gasteiger partial charge < -0.3 is 19.8 Å². The summed E-state index contributed by atoms with van der Waals surface area (Å²) in [4.78, 5) is 31.2. The van der Waals surface area contributed by atoms with Crippen LogP contribution in [-0.4, -0.2) is 38.9 Å². The highest BCUT2D eigenvalue weighted by atomic mass is 19.1. The first-order valence-electron chi connectivity index (χ1n) is 9.71. The molecule has 1 fully saturated rings. The lowest BCUT2D eigenvalue weighted by Crippen LogP contribution is -2.29. The van der Waals surface area contributed by atoms with Crippen LogP contribution in [0.15, 0.2) is 72.6 Å². The number of likely N-dealkylation sites (tertiary alicyclic amines) is 1. The fourth-order valence-electron chi connectivity index (χ4n) is 3.74. The second-order valence-corrected chi connectivity index (χ2v) is 7.23. The molecule has 1 aliphatic rings. The van der Waals surface area contributed by atoms with Gasteiger partial charge in [-0.25, -0.2) is 4.39 Å². The van der Waals surface area contributed by atoms with Crippen molar-refractivity contribution < 1.29 is 28.9 Å². The van der Waals surface area contributed by atoms with E-state index in [1.54, 1.807) is 36.7 Å². The zero-order chi connectivity index (χ0) is 22.8. The number of nitrogens with zero attached hydrogens (tertiary/aromatic N) is 2. The normalized spacial score (nSPS) is 17.6. The molecule has 3 aromatic rings. The third-order valence-electron chi connectivity index (χ3n) is 5.25. The van der Waals surface area contributed by atoms with Crippen molar-refractivity contribution in [2.75, 3.05) is 7.11 Å². The molecule has 2 heterocycles. The monoisotopic (exact) mass is 434 g/mol. The van der Waals surface area contributed by atoms with Gasteiger partial charge in [0.25, 0.3) is 11.7 Å². The highest BCUT2D eigenvalue weighted by Crippen LogP contribution is 2.41. The summed E-state index contributed by atoms with van der Waals surface area (Å²) >= 11 is 0. The Kier molecular flexibility index (Phi) is 5.59. The van der Waals surface area contributed by atoms with Gasteiger partial charge >= 0.3 is 0 Å². The third-order valence-corrected chi connectivity index (χ3v) is 5.25. The number of amides is 1. The summed E-state index contributed by atoms with van der Waals surface area (Å²) in [5.74, 6) is -3.05. The minimum absolute atomic E-state index is 0.0235. The predicted molar refractivity (Wildman–Crippen MR) is 113 cm³/mol. The van der Waals surface area contributed by atoms with Crippen molar-refractivity contribution in [2.45, 2.75) is 12.6 Å². The molecule has 162 valence electrons. The Morgan fingerprint density at radius 1 is 1.12 bits per heavy atom. The number of hydrogen-bond acceptors (Lipinski definition) is 6. The number of carbonyl (C=O) groups excluding carboxylic acids is 2. The van der Waals surface area contributed by atoms with Crippen molar-refractivity contribution in [1.82, 2.24) is 9.88 Å². The van der Waals surface area contributed by atoms with Crippen molar-refractivity contribution in [1.29, 1.82) is 0 Å². The van der Waals surface area contributed by atoms with E-state index in [9.17, 15) is 24.2 Å². The highest BCUT2D eigenvalue weighted by molar-refractivity contribution is 6.46. The van der Waals surface area contributed by atoms with Crippen molar-refractivity contribution >= 4 is 17.4 Å². The molecule has 7 nitrogen and oxygen atoms in total. The standard InChI is InChI=1S/C24H19FN2O5/c1-32-19-6-5-16(12-18(19)25)22(29)20-21(15-3-2-4-17(28)11-15)27(24(31)23(20)30)13-14-7-9-26-10-8-14/h2-12,21,28-29H,13H2,1H3/b22-20-. The van der Waals surface area contributed by atoms with E-state index in [1.165, 1.54) is 36.3 Å². The van der Waals surface area contributed by atoms with E-state index < -0.39 is 29.3 Å². The lowest BCUT2D eigenvalue weighted by Gasteiger charge is -2.25. The van der Waals surface area contributed by atoms with Crippen LogP contribution in [0.25, 0.3) is 5.76 Å². The molecule has 2 aromatic carbocycles. The van der Waals surface area contributed by atoms with Crippen LogP contribution in [0, 0.1) is 5.82 Å². The number of pyridine rings is 1. The summed E-state index contributed by atoms with van der Waals surface area (Å²) in [6.07, 6.45) is 3.13. The number of carbonyl (C=O) groups is 2. The molecule has 2 N–H and O–H groups in total. The fraction of sp³-hybridized carbons (Fsp3) is 0.125. The van der Waals surface area contributed by atoms with Gasteiger partial charge in [0.05, 0.1) is 18.7 Å². The van der Waals surface area contributed by atoms with Crippen molar-refractivity contribution in [3.8, 4) is 11.5 Å². The van der Waals surface area contributed by atoms with Gasteiger partial charge in [0.1, 0.15) is 11.5 Å². The Hall–Kier alpha value is -4.20. The number of ether oxygens (including phenoxy) is 1. The average molecular weight is 434 g/mol. The van der Waals surface area contributed by atoms with Gasteiger partial charge in [-0.1, -0.05) is 12.1 Å². The Labute approximate surface area is 183 Å². The fourth-order valence-corrected chi connectivity index (χ4v) is 3.74. The average Bonchev–Trinajstić information content (AvgIpc) is 3.04. The van der Waals surface area contributed by atoms with Crippen LogP contribution in [0.2, 0.25) is 0 Å². The van der Waals surface area contributed by atoms with Crippen molar-refractivity contribution in [3.05, 3.63) is 95.1 Å². The molecule has 0 aliphatic carbocycles. The lowest BCUT2D eigenvalue weighted by atomic mass is 9.95. The molecule has 0 spiro atoms. The Morgan fingerprint density at radius 2 is 1.88 bits per heavy atom. The molecule has 1 unspecified atom stereocenters. The zero-order valence-electron chi connectivity index (χ0n) is 17.0. The quantitative estimate of drug-likeness (QED) is 0.362. The molecule has 32 heavy (non-hydrogen) atoms. The molecule has 1 aliphatic heterocycles. The molecule has 0 saturated carbocycles. The van der Waals surface area contributed by atoms with E-state index >= 15 is 0 Å². The maximum atomic E-state index is 14.2. The summed E-state index contributed by atoms with van der Waals surface area (Å²) < 4.78 is 19.1. The second-order valence-electron chi connectivity index (χ2n) is 7.23. The molecule has 1 amide bonds. The zero-order valence-corrected chi connectivity index (χ0v) is 17.0. The van der Waals surface area contributed by atoms with Crippen LogP contribution in [0.4, 0.5) is 4.39 Å². The number of hydrogen-bond donors (Lipinski definition) is 2. The van der Waals surface area contributed by atoms with Gasteiger partial charge in [0, 0.05) is 24.5 Å². The highest BCUT2D eigenvalue weighted by Gasteiger charge is 2.46. The number of rotatable bonds is 5. The number of aliphatic hydroxyl groups is 1. The number of aromatic nitrogens is 1. The van der Waals surface area contributed by atoms with Crippen LogP contribution < -0.4 is 4.74 Å². The largest absolute Gasteiger partial charge is 0.508 e. The lowest BCUT2D eigenvalue weighted by molar-refractivity contribution is -0.140. The molecular weight excluding hydrogens is 415 g/mol. The van der Waals surface area contributed by atoms with Gasteiger partial charge in [-0.3, -0.25) is 14.6 Å². The molecular formula is C24H19FN2O5. The molecule has 1 atom stereocenters. The second kappa shape index (κ2) is 8.50. The molecule has 1 saturated heterocycles. The van der Waals surface area contributed by atoms with Crippen LogP contribution in [-0.2, 0) is 16.1 Å². The third kappa shape index (κ3) is 3.78.